The van der Waals surface area contributed by atoms with Gasteiger partial charge in [0.2, 0.25) is 5.91 Å². The van der Waals surface area contributed by atoms with Crippen molar-refractivity contribution in [3.8, 4) is 0 Å². The molecule has 0 saturated carbocycles. The highest BCUT2D eigenvalue weighted by molar-refractivity contribution is 5.95. The summed E-state index contributed by atoms with van der Waals surface area (Å²) in [5.74, 6) is -1.40. The van der Waals surface area contributed by atoms with Crippen molar-refractivity contribution in [2.45, 2.75) is 18.9 Å². The van der Waals surface area contributed by atoms with E-state index in [-0.39, 0.29) is 11.9 Å². The number of carbonyl (C=O) groups is 2. The molecule has 2 rings (SSSR count). The van der Waals surface area contributed by atoms with Gasteiger partial charge in [0.25, 0.3) is 0 Å². The second-order valence-electron chi connectivity index (χ2n) is 4.20. The summed E-state index contributed by atoms with van der Waals surface area (Å²) in [6.45, 7) is 0.858. The first kappa shape index (κ1) is 15.6. The molecule has 1 aliphatic heterocycles. The number of nitrogen functional groups attached to an aromatic ring is 1. The largest absolute Gasteiger partial charge is 0.480 e. The number of nitrogens with zero attached hydrogens (tertiary/aromatic N) is 1. The maximum absolute atomic E-state index is 10.6. The van der Waals surface area contributed by atoms with Gasteiger partial charge in [0.1, 0.15) is 17.6 Å². The van der Waals surface area contributed by atoms with Crippen LogP contribution in [-0.2, 0) is 4.79 Å². The third-order valence-electron chi connectivity index (χ3n) is 2.68. The maximum Gasteiger partial charge on any atom is 0.320 e. The van der Waals surface area contributed by atoms with Gasteiger partial charge in [0.15, 0.2) is 0 Å². The number of carboxylic acids is 1. The van der Waals surface area contributed by atoms with Crippen LogP contribution in [-0.4, -0.2) is 40.4 Å². The molecule has 1 saturated heterocycles. The summed E-state index contributed by atoms with van der Waals surface area (Å²) in [7, 11) is 0. The molecule has 1 aromatic heterocycles. The first-order valence-corrected chi connectivity index (χ1v) is 5.98. The number of nitrogens with one attached hydrogen (secondary N) is 2. The van der Waals surface area contributed by atoms with Gasteiger partial charge in [0, 0.05) is 6.20 Å². The highest BCUT2D eigenvalue weighted by Gasteiger charge is 2.20. The first-order chi connectivity index (χ1) is 9.41. The molecule has 8 heteroatoms. The average Bonchev–Trinajstić information content (AvgIpc) is 2.93. The van der Waals surface area contributed by atoms with Crippen LogP contribution in [0.15, 0.2) is 18.3 Å². The number of hydrogen-bond acceptors (Lipinski definition) is 5. The van der Waals surface area contributed by atoms with Crippen LogP contribution < -0.4 is 16.8 Å². The Morgan fingerprint density at radius 3 is 2.40 bits per heavy atom. The highest BCUT2D eigenvalue weighted by atomic mass is 16.4. The number of carbonyl (C=O) groups excluding carboxylic acids is 1. The van der Waals surface area contributed by atoms with Crippen molar-refractivity contribution in [3.05, 3.63) is 29.6 Å². The van der Waals surface area contributed by atoms with Crippen molar-refractivity contribution in [2.75, 3.05) is 6.54 Å². The summed E-state index contributed by atoms with van der Waals surface area (Å²) in [4.78, 5) is 24.5. The normalized spacial score (nSPS) is 16.9. The zero-order chi connectivity index (χ0) is 15.1. The Kier molecular flexibility index (Phi) is 5.60. The van der Waals surface area contributed by atoms with E-state index in [4.69, 9.17) is 22.0 Å². The van der Waals surface area contributed by atoms with Crippen molar-refractivity contribution in [1.29, 1.82) is 5.41 Å². The van der Waals surface area contributed by atoms with Crippen molar-refractivity contribution < 1.29 is 14.7 Å². The molecule has 0 bridgehead atoms. The third kappa shape index (κ3) is 4.65. The molecule has 1 fully saturated rings. The van der Waals surface area contributed by atoms with E-state index in [1.165, 1.54) is 18.3 Å². The summed E-state index contributed by atoms with van der Waals surface area (Å²) in [6.07, 6.45) is 3.07. The molecule has 0 aliphatic carbocycles. The highest BCUT2D eigenvalue weighted by Crippen LogP contribution is 2.03. The zero-order valence-corrected chi connectivity index (χ0v) is 10.8. The van der Waals surface area contributed by atoms with Gasteiger partial charge in [0.05, 0.1) is 5.56 Å². The Bertz CT molecular complexity index is 461. The second-order valence-corrected chi connectivity index (χ2v) is 4.20. The van der Waals surface area contributed by atoms with Gasteiger partial charge < -0.3 is 21.9 Å². The average molecular weight is 279 g/mol. The Hall–Kier alpha value is -2.48. The number of hydrogen-bond donors (Lipinski definition) is 5. The minimum atomic E-state index is -0.720. The number of amidine groups is 1. The van der Waals surface area contributed by atoms with Crippen molar-refractivity contribution in [2.24, 2.45) is 11.5 Å². The Morgan fingerprint density at radius 1 is 1.40 bits per heavy atom. The van der Waals surface area contributed by atoms with Crippen LogP contribution in [0.2, 0.25) is 0 Å². The number of nitrogens with two attached hydrogens (primary N) is 2. The molecule has 20 heavy (non-hydrogen) atoms. The molecule has 0 aromatic carbocycles. The minimum absolute atomic E-state index is 0.133. The Morgan fingerprint density at radius 2 is 2.10 bits per heavy atom. The predicted octanol–water partition coefficient (Wildman–Crippen LogP) is -0.712. The summed E-state index contributed by atoms with van der Waals surface area (Å²) in [5, 5.41) is 18.2. The molecule has 108 valence electrons. The van der Waals surface area contributed by atoms with Gasteiger partial charge in [-0.25, -0.2) is 0 Å². The van der Waals surface area contributed by atoms with E-state index in [0.29, 0.717) is 11.3 Å². The van der Waals surface area contributed by atoms with Crippen LogP contribution in [0.1, 0.15) is 28.9 Å². The molecule has 0 radical (unpaired) electrons. The van der Waals surface area contributed by atoms with Crippen molar-refractivity contribution >= 4 is 17.7 Å². The SMILES string of the molecule is N=C(N)c1ccc(C(N)=O)cn1.O=C(O)[C@@H]1CCCN1. The quantitative estimate of drug-likeness (QED) is 0.363. The van der Waals surface area contributed by atoms with Gasteiger partial charge in [-0.3, -0.25) is 20.0 Å². The molecule has 1 aliphatic rings. The van der Waals surface area contributed by atoms with E-state index in [1.807, 2.05) is 0 Å². The summed E-state index contributed by atoms with van der Waals surface area (Å²) in [5.41, 5.74) is 10.8. The molecule has 8 nitrogen and oxygen atoms in total. The van der Waals surface area contributed by atoms with Crippen LogP contribution in [0, 0.1) is 5.41 Å². The van der Waals surface area contributed by atoms with E-state index < -0.39 is 11.9 Å². The lowest BCUT2D eigenvalue weighted by molar-refractivity contribution is -0.139. The smallest absolute Gasteiger partial charge is 0.320 e. The van der Waals surface area contributed by atoms with Gasteiger partial charge in [-0.05, 0) is 31.5 Å². The fourth-order valence-electron chi connectivity index (χ4n) is 1.59. The molecule has 0 unspecified atom stereocenters. The Balaban J connectivity index is 0.000000217. The number of primary amides is 1. The van der Waals surface area contributed by atoms with Crippen LogP contribution in [0.3, 0.4) is 0 Å². The fraction of sp³-hybridized carbons (Fsp3) is 0.333. The number of carboxylic acid groups (broad SMARTS) is 1. The van der Waals surface area contributed by atoms with E-state index in [0.717, 1.165) is 19.4 Å². The lowest BCUT2D eigenvalue weighted by Gasteiger charge is -1.99. The summed E-state index contributed by atoms with van der Waals surface area (Å²) < 4.78 is 0. The second kappa shape index (κ2) is 7.19. The molecule has 7 N–H and O–H groups in total. The van der Waals surface area contributed by atoms with E-state index in [9.17, 15) is 9.59 Å². The molecular weight excluding hydrogens is 262 g/mol. The number of rotatable bonds is 3. The maximum atomic E-state index is 10.6. The lowest BCUT2D eigenvalue weighted by Crippen LogP contribution is -2.29. The number of pyridine rings is 1. The van der Waals surface area contributed by atoms with E-state index in [2.05, 4.69) is 10.3 Å². The van der Waals surface area contributed by atoms with Crippen LogP contribution in [0.25, 0.3) is 0 Å². The lowest BCUT2D eigenvalue weighted by atomic mass is 10.2. The van der Waals surface area contributed by atoms with Crippen LogP contribution in [0.5, 0.6) is 0 Å². The number of aromatic nitrogens is 1. The molecule has 1 amide bonds. The van der Waals surface area contributed by atoms with Crippen LogP contribution >= 0.6 is 0 Å². The Labute approximate surface area is 115 Å². The van der Waals surface area contributed by atoms with Gasteiger partial charge >= 0.3 is 5.97 Å². The fourth-order valence-corrected chi connectivity index (χ4v) is 1.59. The van der Waals surface area contributed by atoms with Gasteiger partial charge in [-0.1, -0.05) is 0 Å². The predicted molar refractivity (Wildman–Crippen MR) is 72.4 cm³/mol. The van der Waals surface area contributed by atoms with Crippen LogP contribution in [0.4, 0.5) is 0 Å². The first-order valence-electron chi connectivity index (χ1n) is 5.98. The van der Waals surface area contributed by atoms with E-state index >= 15 is 0 Å². The monoisotopic (exact) mass is 279 g/mol. The van der Waals surface area contributed by atoms with Gasteiger partial charge in [-0.2, -0.15) is 0 Å². The van der Waals surface area contributed by atoms with Crippen molar-refractivity contribution in [1.82, 2.24) is 10.3 Å². The topological polar surface area (TPSA) is 155 Å². The standard InChI is InChI=1S/C7H8N4O.C5H9NO2/c8-6(9)5-2-1-4(3-11-5)7(10)12;7-5(8)4-2-1-3-6-4/h1-3H,(H3,8,9)(H2,10,12);4,6H,1-3H2,(H,7,8)/t;4-/m.0/s1. The number of amides is 1. The number of aliphatic carboxylic acids is 1. The van der Waals surface area contributed by atoms with Crippen molar-refractivity contribution in [3.63, 3.8) is 0 Å². The summed E-state index contributed by atoms with van der Waals surface area (Å²) in [6, 6.07) is 2.68. The van der Waals surface area contributed by atoms with E-state index in [1.54, 1.807) is 0 Å². The minimum Gasteiger partial charge on any atom is -0.480 e. The third-order valence-corrected chi connectivity index (χ3v) is 2.68. The molecule has 0 spiro atoms. The molecule has 1 atom stereocenters. The summed E-state index contributed by atoms with van der Waals surface area (Å²) >= 11 is 0. The van der Waals surface area contributed by atoms with Gasteiger partial charge in [-0.15, -0.1) is 0 Å². The molecule has 2 heterocycles. The zero-order valence-electron chi connectivity index (χ0n) is 10.8. The molecular formula is C12H17N5O3. The molecule has 1 aromatic rings.